The van der Waals surface area contributed by atoms with Crippen molar-refractivity contribution < 1.29 is 9.47 Å². The van der Waals surface area contributed by atoms with Gasteiger partial charge in [0.2, 0.25) is 0 Å². The summed E-state index contributed by atoms with van der Waals surface area (Å²) in [6, 6.07) is 35.3. The summed E-state index contributed by atoms with van der Waals surface area (Å²) in [4.78, 5) is 3.52. The molecule has 2 nitrogen and oxygen atoms in total. The second-order valence-corrected chi connectivity index (χ2v) is 18.9. The largest absolute Gasteiger partial charge is 0.494 e. The van der Waals surface area contributed by atoms with Crippen molar-refractivity contribution in [2.45, 2.75) is 112 Å². The Hall–Kier alpha value is -3.99. The van der Waals surface area contributed by atoms with Crippen molar-refractivity contribution in [1.29, 1.82) is 0 Å². The maximum absolute atomic E-state index is 6.07. The van der Waals surface area contributed by atoms with Gasteiger partial charge in [-0.2, -0.15) is 0 Å². The zero-order valence-corrected chi connectivity index (χ0v) is 37.5. The van der Waals surface area contributed by atoms with E-state index >= 15 is 0 Å². The van der Waals surface area contributed by atoms with E-state index in [0.29, 0.717) is 5.92 Å². The SMILES string of the molecule is CC(C)CCCCCCCOc1ccc(-c2ccc(-c3ccc4c(c3)Cc3cc(/C=C/C=C(\S)c5ccc(OCCC(C)CCCCC(C)C)cc5)ccc3-4)s2)cc1. The number of hydrogen-bond acceptors (Lipinski definition) is 4. The van der Waals surface area contributed by atoms with Crippen molar-refractivity contribution in [2.75, 3.05) is 13.2 Å². The highest BCUT2D eigenvalue weighted by Crippen LogP contribution is 2.41. The van der Waals surface area contributed by atoms with E-state index in [1.165, 1.54) is 106 Å². The molecule has 0 N–H and O–H groups in total. The number of allylic oxidation sites excluding steroid dienone is 2. The van der Waals surface area contributed by atoms with Gasteiger partial charge in [0, 0.05) is 14.7 Å². The number of thiol groups is 1. The van der Waals surface area contributed by atoms with E-state index in [0.717, 1.165) is 66.3 Å². The van der Waals surface area contributed by atoms with Gasteiger partial charge in [-0.25, -0.2) is 0 Å². The highest BCUT2D eigenvalue weighted by atomic mass is 32.1. The lowest BCUT2D eigenvalue weighted by Crippen LogP contribution is -2.04. The van der Waals surface area contributed by atoms with Crippen molar-refractivity contribution >= 4 is 34.9 Å². The maximum Gasteiger partial charge on any atom is 0.119 e. The van der Waals surface area contributed by atoms with Gasteiger partial charge in [0.1, 0.15) is 11.5 Å². The summed E-state index contributed by atoms with van der Waals surface area (Å²) < 4.78 is 12.1. The topological polar surface area (TPSA) is 18.5 Å². The average molecular weight is 811 g/mol. The van der Waals surface area contributed by atoms with E-state index in [2.05, 4.69) is 150 Å². The first-order valence-corrected chi connectivity index (χ1v) is 23.4. The summed E-state index contributed by atoms with van der Waals surface area (Å²) in [5.41, 5.74) is 10.3. The normalized spacial score (nSPS) is 13.1. The minimum atomic E-state index is 0.703. The minimum Gasteiger partial charge on any atom is -0.494 e. The van der Waals surface area contributed by atoms with E-state index in [1.807, 2.05) is 11.3 Å². The Morgan fingerprint density at radius 1 is 0.586 bits per heavy atom. The molecule has 4 aromatic carbocycles. The number of benzene rings is 4. The summed E-state index contributed by atoms with van der Waals surface area (Å²) in [7, 11) is 0. The highest BCUT2D eigenvalue weighted by Gasteiger charge is 2.19. The number of unbranched alkanes of at least 4 members (excludes halogenated alkanes) is 5. The molecule has 0 spiro atoms. The van der Waals surface area contributed by atoms with E-state index in [4.69, 9.17) is 22.1 Å². The van der Waals surface area contributed by atoms with Crippen LogP contribution in [0.3, 0.4) is 0 Å². The van der Waals surface area contributed by atoms with Crippen molar-refractivity contribution in [3.05, 3.63) is 131 Å². The zero-order chi connectivity index (χ0) is 40.7. The van der Waals surface area contributed by atoms with Gasteiger partial charge < -0.3 is 9.47 Å². The quantitative estimate of drug-likeness (QED) is 0.0395. The predicted octanol–water partition coefficient (Wildman–Crippen LogP) is 16.6. The van der Waals surface area contributed by atoms with Crippen LogP contribution in [0.5, 0.6) is 11.5 Å². The van der Waals surface area contributed by atoms with Crippen LogP contribution in [0.1, 0.15) is 128 Å². The summed E-state index contributed by atoms with van der Waals surface area (Å²) in [5.74, 6) is 4.22. The van der Waals surface area contributed by atoms with Crippen molar-refractivity contribution in [1.82, 2.24) is 0 Å². The molecule has 0 radical (unpaired) electrons. The van der Waals surface area contributed by atoms with Crippen LogP contribution in [0, 0.1) is 17.8 Å². The third-order valence-electron chi connectivity index (χ3n) is 11.4. The van der Waals surface area contributed by atoms with E-state index < -0.39 is 0 Å². The summed E-state index contributed by atoms with van der Waals surface area (Å²) >= 11 is 6.67. The lowest BCUT2D eigenvalue weighted by Gasteiger charge is -2.13. The molecule has 1 aromatic heterocycles. The summed E-state index contributed by atoms with van der Waals surface area (Å²) in [6.07, 6.45) is 21.4. The van der Waals surface area contributed by atoms with Gasteiger partial charge in [0.05, 0.1) is 13.2 Å². The Morgan fingerprint density at radius 2 is 1.16 bits per heavy atom. The molecule has 0 bridgehead atoms. The van der Waals surface area contributed by atoms with Crippen LogP contribution >= 0.6 is 24.0 Å². The number of fused-ring (bicyclic) bond motifs is 3. The molecule has 1 aliphatic rings. The molecule has 1 aliphatic carbocycles. The fourth-order valence-electron chi connectivity index (χ4n) is 7.86. The van der Waals surface area contributed by atoms with Crippen molar-refractivity contribution in [3.8, 4) is 43.5 Å². The standard InChI is InChI=1S/C54H66O2S2/c1-39(2)14-9-7-6-8-12-34-55-48-27-22-44(23-28-48)53-31-32-54(58-53)45-24-30-51-47(37-45)38-46-36-42(19-29-50(46)51)17-13-18-52(57)43-20-25-49(26-21-43)56-35-33-41(5)16-11-10-15-40(3)4/h13,17-32,36-37,39-41,57H,6-12,14-16,33-35,38H2,1-5H3/b17-13+,52-18-. The molecule has 1 unspecified atom stereocenters. The molecular formula is C54H66O2S2. The van der Waals surface area contributed by atoms with Gasteiger partial charge >= 0.3 is 0 Å². The van der Waals surface area contributed by atoms with Gasteiger partial charge in [-0.15, -0.1) is 24.0 Å². The van der Waals surface area contributed by atoms with Crippen LogP contribution < -0.4 is 9.47 Å². The molecule has 58 heavy (non-hydrogen) atoms. The smallest absolute Gasteiger partial charge is 0.119 e. The van der Waals surface area contributed by atoms with Gasteiger partial charge in [-0.1, -0.05) is 147 Å². The number of hydrogen-bond donors (Lipinski definition) is 1. The van der Waals surface area contributed by atoms with Crippen LogP contribution in [0.2, 0.25) is 0 Å². The van der Waals surface area contributed by atoms with Gasteiger partial charge in [0.15, 0.2) is 0 Å². The van der Waals surface area contributed by atoms with E-state index in [1.54, 1.807) is 0 Å². The molecule has 0 saturated carbocycles. The van der Waals surface area contributed by atoms with Gasteiger partial charge in [0.25, 0.3) is 0 Å². The minimum absolute atomic E-state index is 0.703. The molecule has 4 heteroatoms. The first-order valence-electron chi connectivity index (χ1n) is 22.1. The first-order chi connectivity index (χ1) is 28.2. The second-order valence-electron chi connectivity index (χ2n) is 17.3. The van der Waals surface area contributed by atoms with Crippen LogP contribution in [0.25, 0.3) is 43.0 Å². The molecular weight excluding hydrogens is 745 g/mol. The molecule has 6 rings (SSSR count). The van der Waals surface area contributed by atoms with E-state index in [-0.39, 0.29) is 0 Å². The Bertz CT molecular complexity index is 2070. The number of rotatable bonds is 23. The van der Waals surface area contributed by atoms with Crippen molar-refractivity contribution in [3.63, 3.8) is 0 Å². The number of thiophene rings is 1. The molecule has 0 amide bonds. The Kier molecular flexibility index (Phi) is 16.8. The molecule has 5 aromatic rings. The molecule has 0 aliphatic heterocycles. The third kappa shape index (κ3) is 13.3. The maximum atomic E-state index is 6.07. The van der Waals surface area contributed by atoms with Crippen molar-refractivity contribution in [2.24, 2.45) is 17.8 Å². The van der Waals surface area contributed by atoms with Gasteiger partial charge in [-0.05, 0) is 142 Å². The van der Waals surface area contributed by atoms with E-state index in [9.17, 15) is 0 Å². The van der Waals surface area contributed by atoms with Crippen LogP contribution in [-0.2, 0) is 6.42 Å². The highest BCUT2D eigenvalue weighted by molar-refractivity contribution is 7.90. The predicted molar refractivity (Wildman–Crippen MR) is 256 cm³/mol. The van der Waals surface area contributed by atoms with Crippen LogP contribution in [0.4, 0.5) is 0 Å². The first kappa shape index (κ1) is 43.6. The van der Waals surface area contributed by atoms with Crippen LogP contribution in [0.15, 0.2) is 109 Å². The molecule has 0 saturated heterocycles. The fraction of sp³-hybridized carbons (Fsp3) is 0.407. The van der Waals surface area contributed by atoms with Crippen LogP contribution in [-0.4, -0.2) is 13.2 Å². The van der Waals surface area contributed by atoms with Gasteiger partial charge in [-0.3, -0.25) is 0 Å². The Balaban J connectivity index is 0.959. The fourth-order valence-corrected chi connectivity index (χ4v) is 9.11. The lowest BCUT2D eigenvalue weighted by atomic mass is 9.98. The second kappa shape index (κ2) is 22.4. The lowest BCUT2D eigenvalue weighted by molar-refractivity contribution is 0.276. The monoisotopic (exact) mass is 810 g/mol. The Morgan fingerprint density at radius 3 is 1.88 bits per heavy atom. The Labute approximate surface area is 360 Å². The average Bonchev–Trinajstić information content (AvgIpc) is 3.86. The molecule has 1 atom stereocenters. The number of ether oxygens (including phenoxy) is 2. The summed E-state index contributed by atoms with van der Waals surface area (Å²) in [6.45, 7) is 13.2. The third-order valence-corrected chi connectivity index (χ3v) is 13.0. The molecule has 0 fully saturated rings. The summed E-state index contributed by atoms with van der Waals surface area (Å²) in [5, 5.41) is 0. The molecule has 306 valence electrons. The molecule has 1 heterocycles. The zero-order valence-electron chi connectivity index (χ0n) is 35.8.